The monoisotopic (exact) mass is 301 g/mol. The Hall–Kier alpha value is -2.40. The Morgan fingerprint density at radius 1 is 1.24 bits per heavy atom. The molecule has 0 radical (unpaired) electrons. The third kappa shape index (κ3) is 2.48. The fraction of sp³-hybridized carbons (Fsp3) is 0.133. The van der Waals surface area contributed by atoms with E-state index in [2.05, 4.69) is 10.1 Å². The highest BCUT2D eigenvalue weighted by Crippen LogP contribution is 2.25. The molecule has 0 fully saturated rings. The number of para-hydroxylation sites is 1. The first-order valence-corrected chi connectivity index (χ1v) is 6.86. The first kappa shape index (κ1) is 13.6. The second-order valence-electron chi connectivity index (χ2n) is 4.33. The van der Waals surface area contributed by atoms with E-state index in [4.69, 9.17) is 16.3 Å². The summed E-state index contributed by atoms with van der Waals surface area (Å²) >= 11 is 6.33. The molecule has 3 aromatic rings. The predicted octanol–water partition coefficient (Wildman–Crippen LogP) is 3.25. The summed E-state index contributed by atoms with van der Waals surface area (Å²) in [6.07, 6.45) is 0. The molecule has 0 bridgehead atoms. The van der Waals surface area contributed by atoms with Crippen LogP contribution in [0.5, 0.6) is 0 Å². The highest BCUT2D eigenvalue weighted by atomic mass is 35.5. The Morgan fingerprint density at radius 2 is 2.00 bits per heavy atom. The van der Waals surface area contributed by atoms with Gasteiger partial charge in [0, 0.05) is 0 Å². The number of fused-ring (bicyclic) bond motifs is 1. The molecule has 3 rings (SSSR count). The Kier molecular flexibility index (Phi) is 3.58. The number of carbonyl (C=O) groups excluding carboxylic acids is 1. The molecule has 5 nitrogen and oxygen atoms in total. The molecular formula is C15H12ClN3O2. The van der Waals surface area contributed by atoms with Gasteiger partial charge >= 0.3 is 5.97 Å². The van der Waals surface area contributed by atoms with Crippen LogP contribution in [-0.4, -0.2) is 27.3 Å². The van der Waals surface area contributed by atoms with Crippen LogP contribution < -0.4 is 0 Å². The Bertz CT molecular complexity index is 799. The van der Waals surface area contributed by atoms with Gasteiger partial charge in [-0.3, -0.25) is 0 Å². The van der Waals surface area contributed by atoms with Crippen LogP contribution in [0.2, 0.25) is 5.15 Å². The van der Waals surface area contributed by atoms with Crippen molar-refractivity contribution in [1.82, 2.24) is 14.8 Å². The summed E-state index contributed by atoms with van der Waals surface area (Å²) in [7, 11) is 0. The molecule has 0 aliphatic rings. The molecule has 0 aliphatic heterocycles. The van der Waals surface area contributed by atoms with Crippen molar-refractivity contribution in [2.45, 2.75) is 6.92 Å². The minimum atomic E-state index is -0.468. The van der Waals surface area contributed by atoms with Gasteiger partial charge in [-0.1, -0.05) is 29.8 Å². The lowest BCUT2D eigenvalue weighted by Gasteiger charge is -2.00. The summed E-state index contributed by atoms with van der Waals surface area (Å²) in [6.45, 7) is 2.05. The van der Waals surface area contributed by atoms with Gasteiger partial charge in [0.15, 0.2) is 11.3 Å². The molecule has 0 N–H and O–H groups in total. The van der Waals surface area contributed by atoms with Crippen LogP contribution in [-0.2, 0) is 4.74 Å². The zero-order chi connectivity index (χ0) is 14.8. The number of hydrogen-bond donors (Lipinski definition) is 0. The number of benzene rings is 1. The van der Waals surface area contributed by atoms with E-state index < -0.39 is 5.97 Å². The van der Waals surface area contributed by atoms with E-state index in [-0.39, 0.29) is 5.69 Å². The van der Waals surface area contributed by atoms with Gasteiger partial charge in [-0.05, 0) is 31.2 Å². The number of aromatic nitrogens is 3. The molecule has 6 heteroatoms. The average Bonchev–Trinajstić information content (AvgIpc) is 2.85. The van der Waals surface area contributed by atoms with Crippen molar-refractivity contribution in [3.63, 3.8) is 0 Å². The van der Waals surface area contributed by atoms with Gasteiger partial charge in [0.05, 0.1) is 17.7 Å². The van der Waals surface area contributed by atoms with Crippen molar-refractivity contribution in [3.8, 4) is 5.69 Å². The lowest BCUT2D eigenvalue weighted by atomic mass is 10.3. The molecule has 0 spiro atoms. The molecule has 2 aromatic heterocycles. The van der Waals surface area contributed by atoms with E-state index >= 15 is 0 Å². The number of nitrogens with zero attached hydrogens (tertiary/aromatic N) is 3. The van der Waals surface area contributed by atoms with Crippen LogP contribution in [0.3, 0.4) is 0 Å². The van der Waals surface area contributed by atoms with Gasteiger partial charge in [0.25, 0.3) is 0 Å². The standard InChI is InChI=1S/C15H12ClN3O2/c1-2-21-15(20)12-9-8-11-13(16)19(18-14(11)17-12)10-6-4-3-5-7-10/h3-9H,2H2,1H3. The summed E-state index contributed by atoms with van der Waals surface area (Å²) in [6, 6.07) is 12.8. The van der Waals surface area contributed by atoms with Gasteiger partial charge in [-0.2, -0.15) is 0 Å². The Labute approximate surface area is 126 Å². The number of halogens is 1. The van der Waals surface area contributed by atoms with E-state index in [1.807, 2.05) is 30.3 Å². The van der Waals surface area contributed by atoms with Gasteiger partial charge in [0.1, 0.15) is 5.15 Å². The molecule has 1 aromatic carbocycles. The number of carbonyl (C=O) groups is 1. The van der Waals surface area contributed by atoms with Crippen LogP contribution >= 0.6 is 11.6 Å². The number of hydrogen-bond acceptors (Lipinski definition) is 4. The maximum absolute atomic E-state index is 11.7. The smallest absolute Gasteiger partial charge is 0.357 e. The maximum atomic E-state index is 11.7. The molecule has 106 valence electrons. The molecule has 0 aliphatic carbocycles. The topological polar surface area (TPSA) is 57.0 Å². The third-order valence-corrected chi connectivity index (χ3v) is 3.33. The number of ether oxygens (including phenoxy) is 1. The predicted molar refractivity (Wildman–Crippen MR) is 79.8 cm³/mol. The molecule has 0 atom stereocenters. The molecule has 0 amide bonds. The van der Waals surface area contributed by atoms with E-state index in [1.165, 1.54) is 0 Å². The highest BCUT2D eigenvalue weighted by molar-refractivity contribution is 6.34. The highest BCUT2D eigenvalue weighted by Gasteiger charge is 2.15. The van der Waals surface area contributed by atoms with E-state index in [0.29, 0.717) is 22.8 Å². The first-order chi connectivity index (χ1) is 10.2. The minimum absolute atomic E-state index is 0.221. The van der Waals surface area contributed by atoms with Crippen molar-refractivity contribution in [3.05, 3.63) is 53.3 Å². The Morgan fingerprint density at radius 3 is 2.71 bits per heavy atom. The van der Waals surface area contributed by atoms with Crippen molar-refractivity contribution in [1.29, 1.82) is 0 Å². The molecule has 0 unspecified atom stereocenters. The largest absolute Gasteiger partial charge is 0.461 e. The maximum Gasteiger partial charge on any atom is 0.357 e. The van der Waals surface area contributed by atoms with Gasteiger partial charge in [-0.15, -0.1) is 5.10 Å². The third-order valence-electron chi connectivity index (χ3n) is 2.96. The van der Waals surface area contributed by atoms with Gasteiger partial charge in [0.2, 0.25) is 0 Å². The minimum Gasteiger partial charge on any atom is -0.461 e. The number of esters is 1. The van der Waals surface area contributed by atoms with Gasteiger partial charge < -0.3 is 4.74 Å². The van der Waals surface area contributed by atoms with Crippen LogP contribution in [0.4, 0.5) is 0 Å². The second-order valence-corrected chi connectivity index (χ2v) is 4.68. The lowest BCUT2D eigenvalue weighted by Crippen LogP contribution is -2.06. The average molecular weight is 302 g/mol. The Balaban J connectivity index is 2.10. The summed E-state index contributed by atoms with van der Waals surface area (Å²) < 4.78 is 6.52. The zero-order valence-corrected chi connectivity index (χ0v) is 12.0. The van der Waals surface area contributed by atoms with Crippen molar-refractivity contribution < 1.29 is 9.53 Å². The SMILES string of the molecule is CCOC(=O)c1ccc2c(Cl)n(-c3ccccc3)nc2n1. The second kappa shape index (κ2) is 5.54. The van der Waals surface area contributed by atoms with E-state index in [9.17, 15) is 4.79 Å². The summed E-state index contributed by atoms with van der Waals surface area (Å²) in [5, 5.41) is 5.50. The molecule has 0 saturated heterocycles. The van der Waals surface area contributed by atoms with Crippen molar-refractivity contribution in [2.75, 3.05) is 6.61 Å². The molecule has 21 heavy (non-hydrogen) atoms. The molecule has 2 heterocycles. The van der Waals surface area contributed by atoms with Crippen LogP contribution in [0, 0.1) is 0 Å². The fourth-order valence-corrected chi connectivity index (χ4v) is 2.28. The van der Waals surface area contributed by atoms with Gasteiger partial charge in [-0.25, -0.2) is 14.5 Å². The molecular weight excluding hydrogens is 290 g/mol. The lowest BCUT2D eigenvalue weighted by molar-refractivity contribution is 0.0520. The number of pyridine rings is 1. The van der Waals surface area contributed by atoms with Crippen LogP contribution in [0.25, 0.3) is 16.7 Å². The summed E-state index contributed by atoms with van der Waals surface area (Å²) in [5.74, 6) is -0.468. The summed E-state index contributed by atoms with van der Waals surface area (Å²) in [4.78, 5) is 15.9. The quantitative estimate of drug-likeness (QED) is 0.697. The van der Waals surface area contributed by atoms with Crippen molar-refractivity contribution in [2.24, 2.45) is 0 Å². The molecule has 0 saturated carbocycles. The first-order valence-electron chi connectivity index (χ1n) is 6.48. The van der Waals surface area contributed by atoms with E-state index in [1.54, 1.807) is 23.7 Å². The normalized spacial score (nSPS) is 10.8. The summed E-state index contributed by atoms with van der Waals surface area (Å²) in [5.41, 5.74) is 1.46. The van der Waals surface area contributed by atoms with Crippen LogP contribution in [0.15, 0.2) is 42.5 Å². The fourth-order valence-electron chi connectivity index (χ4n) is 2.00. The van der Waals surface area contributed by atoms with E-state index in [0.717, 1.165) is 5.69 Å². The van der Waals surface area contributed by atoms with Crippen molar-refractivity contribution >= 4 is 28.6 Å². The van der Waals surface area contributed by atoms with Crippen LogP contribution in [0.1, 0.15) is 17.4 Å². The zero-order valence-electron chi connectivity index (χ0n) is 11.3. The number of rotatable bonds is 3.